The number of carbonyl (C=O) groups excluding carboxylic acids is 2. The van der Waals surface area contributed by atoms with Crippen molar-refractivity contribution in [2.45, 2.75) is 24.2 Å². The third-order valence-corrected chi connectivity index (χ3v) is 8.83. The first-order chi connectivity index (χ1) is 16.2. The van der Waals surface area contributed by atoms with Gasteiger partial charge in [-0.25, -0.2) is 13.2 Å². The van der Waals surface area contributed by atoms with Gasteiger partial charge >= 0.3 is 5.97 Å². The average Bonchev–Trinajstić information content (AvgIpc) is 3.38. The van der Waals surface area contributed by atoms with Crippen LogP contribution in [0.25, 0.3) is 0 Å². The lowest BCUT2D eigenvalue weighted by molar-refractivity contribution is -0.114. The van der Waals surface area contributed by atoms with E-state index < -0.39 is 28.4 Å². The second-order valence-electron chi connectivity index (χ2n) is 7.55. The number of anilines is 2. The summed E-state index contributed by atoms with van der Waals surface area (Å²) in [5, 5.41) is 3.78. The van der Waals surface area contributed by atoms with E-state index in [-0.39, 0.29) is 10.6 Å². The Morgan fingerprint density at radius 1 is 1.09 bits per heavy atom. The molecule has 34 heavy (non-hydrogen) atoms. The van der Waals surface area contributed by atoms with E-state index in [9.17, 15) is 18.0 Å². The first kappa shape index (κ1) is 24.5. The number of benzene rings is 2. The summed E-state index contributed by atoms with van der Waals surface area (Å²) >= 11 is 13.3. The molecule has 0 radical (unpaired) electrons. The van der Waals surface area contributed by atoms with Crippen molar-refractivity contribution in [2.75, 3.05) is 23.3 Å². The van der Waals surface area contributed by atoms with Gasteiger partial charge in [0, 0.05) is 14.9 Å². The maximum Gasteiger partial charge on any atom is 0.341 e. The van der Waals surface area contributed by atoms with Crippen LogP contribution in [0, 0.1) is 0 Å². The molecular formula is C23H20Cl2N2O5S2. The molecule has 0 saturated carbocycles. The van der Waals surface area contributed by atoms with Crippen molar-refractivity contribution < 1.29 is 22.7 Å². The fraction of sp³-hybridized carbons (Fsp3) is 0.217. The maximum absolute atomic E-state index is 13.5. The third-order valence-electron chi connectivity index (χ3n) is 5.35. The topological polar surface area (TPSA) is 92.8 Å². The SMILES string of the molecule is COC(=O)c1c(NC(=O)CN(c2cccc(Cl)c2)S(=O)(=O)c2ccc(Cl)cc2)sc2c1CCC2. The van der Waals surface area contributed by atoms with Gasteiger partial charge in [-0.1, -0.05) is 29.3 Å². The van der Waals surface area contributed by atoms with Crippen LogP contribution < -0.4 is 9.62 Å². The van der Waals surface area contributed by atoms with E-state index in [1.165, 1.54) is 48.8 Å². The number of ether oxygens (including phenoxy) is 1. The number of nitrogens with one attached hydrogen (secondary N) is 1. The Balaban J connectivity index is 1.67. The number of fused-ring (bicyclic) bond motifs is 1. The summed E-state index contributed by atoms with van der Waals surface area (Å²) in [6.07, 6.45) is 2.48. The number of esters is 1. The largest absolute Gasteiger partial charge is 0.465 e. The van der Waals surface area contributed by atoms with Gasteiger partial charge in [0.2, 0.25) is 5.91 Å². The van der Waals surface area contributed by atoms with Crippen LogP contribution in [0.15, 0.2) is 53.4 Å². The van der Waals surface area contributed by atoms with Crippen LogP contribution in [0.2, 0.25) is 10.0 Å². The number of amides is 1. The molecule has 0 spiro atoms. The van der Waals surface area contributed by atoms with Crippen LogP contribution >= 0.6 is 34.5 Å². The summed E-state index contributed by atoms with van der Waals surface area (Å²) < 4.78 is 32.8. The van der Waals surface area contributed by atoms with E-state index in [0.29, 0.717) is 20.6 Å². The standard InChI is InChI=1S/C23H20Cl2N2O5S2/c1-32-23(29)21-18-6-3-7-19(18)33-22(21)26-20(28)13-27(16-5-2-4-15(25)12-16)34(30,31)17-10-8-14(24)9-11-17/h2,4-5,8-12H,3,6-7,13H2,1H3,(H,26,28). The molecular weight excluding hydrogens is 519 g/mol. The van der Waals surface area contributed by atoms with E-state index in [2.05, 4.69) is 5.32 Å². The highest BCUT2D eigenvalue weighted by atomic mass is 35.5. The van der Waals surface area contributed by atoms with Crippen LogP contribution in [-0.4, -0.2) is 33.9 Å². The molecule has 0 unspecified atom stereocenters. The molecule has 1 aliphatic rings. The van der Waals surface area contributed by atoms with Crippen LogP contribution in [0.3, 0.4) is 0 Å². The van der Waals surface area contributed by atoms with Crippen molar-refractivity contribution in [1.29, 1.82) is 0 Å². The summed E-state index contributed by atoms with van der Waals surface area (Å²) in [6, 6.07) is 11.9. The van der Waals surface area contributed by atoms with Gasteiger partial charge in [-0.05, 0) is 67.3 Å². The second-order valence-corrected chi connectivity index (χ2v) is 11.4. The number of nitrogens with zero attached hydrogens (tertiary/aromatic N) is 1. The first-order valence-corrected chi connectivity index (χ1v) is 13.3. The van der Waals surface area contributed by atoms with Crippen molar-refractivity contribution >= 4 is 67.1 Å². The minimum Gasteiger partial charge on any atom is -0.465 e. The minimum absolute atomic E-state index is 0.0324. The number of hydrogen-bond acceptors (Lipinski definition) is 6. The third kappa shape index (κ3) is 4.93. The van der Waals surface area contributed by atoms with Crippen molar-refractivity contribution in [3.05, 3.63) is 74.6 Å². The Kier molecular flexibility index (Phi) is 7.18. The Bertz CT molecular complexity index is 1350. The molecule has 2 aromatic carbocycles. The highest BCUT2D eigenvalue weighted by molar-refractivity contribution is 7.92. The number of rotatable bonds is 7. The number of aryl methyl sites for hydroxylation is 1. The molecule has 1 aromatic heterocycles. The van der Waals surface area contributed by atoms with Crippen LogP contribution in [-0.2, 0) is 32.4 Å². The number of halogens is 2. The number of carbonyl (C=O) groups is 2. The molecule has 7 nitrogen and oxygen atoms in total. The lowest BCUT2D eigenvalue weighted by Crippen LogP contribution is -2.38. The van der Waals surface area contributed by atoms with Crippen LogP contribution in [0.5, 0.6) is 0 Å². The predicted octanol–water partition coefficient (Wildman–Crippen LogP) is 5.16. The van der Waals surface area contributed by atoms with Gasteiger partial charge in [0.05, 0.1) is 23.3 Å². The van der Waals surface area contributed by atoms with Crippen molar-refractivity contribution in [3.8, 4) is 0 Å². The second kappa shape index (κ2) is 9.95. The van der Waals surface area contributed by atoms with Gasteiger partial charge < -0.3 is 10.1 Å². The molecule has 0 aliphatic heterocycles. The van der Waals surface area contributed by atoms with Crippen LogP contribution in [0.4, 0.5) is 10.7 Å². The van der Waals surface area contributed by atoms with Crippen LogP contribution in [0.1, 0.15) is 27.2 Å². The monoisotopic (exact) mass is 538 g/mol. The number of sulfonamides is 1. The zero-order chi connectivity index (χ0) is 24.5. The predicted molar refractivity (Wildman–Crippen MR) is 134 cm³/mol. The first-order valence-electron chi connectivity index (χ1n) is 10.3. The quantitative estimate of drug-likeness (QED) is 0.419. The molecule has 4 rings (SSSR count). The van der Waals surface area contributed by atoms with E-state index in [1.54, 1.807) is 18.2 Å². The Morgan fingerprint density at radius 3 is 2.50 bits per heavy atom. The summed E-state index contributed by atoms with van der Waals surface area (Å²) in [5.41, 5.74) is 1.44. The van der Waals surface area contributed by atoms with Crippen molar-refractivity contribution in [2.24, 2.45) is 0 Å². The molecule has 0 atom stereocenters. The van der Waals surface area contributed by atoms with Crippen molar-refractivity contribution in [3.63, 3.8) is 0 Å². The molecule has 1 aliphatic carbocycles. The molecule has 0 fully saturated rings. The van der Waals surface area contributed by atoms with Gasteiger partial charge in [0.15, 0.2) is 0 Å². The normalized spacial score (nSPS) is 12.8. The summed E-state index contributed by atoms with van der Waals surface area (Å²) in [6.45, 7) is -0.533. The average molecular weight is 539 g/mol. The fourth-order valence-electron chi connectivity index (χ4n) is 3.79. The summed E-state index contributed by atoms with van der Waals surface area (Å²) in [4.78, 5) is 26.5. The fourth-order valence-corrected chi connectivity index (χ4v) is 6.80. The zero-order valence-corrected chi connectivity index (χ0v) is 21.2. The maximum atomic E-state index is 13.5. The molecule has 0 bridgehead atoms. The molecule has 3 aromatic rings. The van der Waals surface area contributed by atoms with Gasteiger partial charge in [-0.3, -0.25) is 9.10 Å². The smallest absolute Gasteiger partial charge is 0.341 e. The molecule has 1 amide bonds. The highest BCUT2D eigenvalue weighted by Gasteiger charge is 2.31. The van der Waals surface area contributed by atoms with Gasteiger partial charge in [-0.15, -0.1) is 11.3 Å². The van der Waals surface area contributed by atoms with E-state index in [1.807, 2.05) is 0 Å². The molecule has 0 saturated heterocycles. The number of methoxy groups -OCH3 is 1. The molecule has 1 N–H and O–H groups in total. The Labute approximate surface area is 211 Å². The lowest BCUT2D eigenvalue weighted by Gasteiger charge is -2.24. The molecule has 1 heterocycles. The zero-order valence-electron chi connectivity index (χ0n) is 18.0. The molecule has 178 valence electrons. The van der Waals surface area contributed by atoms with Gasteiger partial charge in [-0.2, -0.15) is 0 Å². The lowest BCUT2D eigenvalue weighted by atomic mass is 10.1. The van der Waals surface area contributed by atoms with Crippen molar-refractivity contribution in [1.82, 2.24) is 0 Å². The number of hydrogen-bond donors (Lipinski definition) is 1. The van der Waals surface area contributed by atoms with Gasteiger partial charge in [0.25, 0.3) is 10.0 Å². The Morgan fingerprint density at radius 2 is 1.82 bits per heavy atom. The molecule has 11 heteroatoms. The van der Waals surface area contributed by atoms with E-state index in [4.69, 9.17) is 27.9 Å². The van der Waals surface area contributed by atoms with E-state index >= 15 is 0 Å². The highest BCUT2D eigenvalue weighted by Crippen LogP contribution is 2.39. The van der Waals surface area contributed by atoms with Gasteiger partial charge in [0.1, 0.15) is 11.5 Å². The van der Waals surface area contributed by atoms with E-state index in [0.717, 1.165) is 34.0 Å². The Hall–Kier alpha value is -2.59. The number of thiophene rings is 1. The minimum atomic E-state index is -4.14. The summed E-state index contributed by atoms with van der Waals surface area (Å²) in [5.74, 6) is -1.14. The summed E-state index contributed by atoms with van der Waals surface area (Å²) in [7, 11) is -2.85.